The topological polar surface area (TPSA) is 27.7 Å². The third-order valence-electron chi connectivity index (χ3n) is 2.52. The molecular weight excluding hydrogens is 343 g/mol. The number of rotatable bonds is 9. The fraction of sp³-hybridized carbons (Fsp3) is 0.571. The van der Waals surface area contributed by atoms with Gasteiger partial charge in [0.05, 0.1) is 26.4 Å². The molecule has 4 heteroatoms. The molecule has 1 aromatic carbocycles. The molecule has 0 aromatic heterocycles. The number of methoxy groups -OCH3 is 1. The van der Waals surface area contributed by atoms with Crippen LogP contribution in [0.4, 0.5) is 0 Å². The predicted molar refractivity (Wildman–Crippen MR) is 81.7 cm³/mol. The van der Waals surface area contributed by atoms with Crippen LogP contribution in [0.2, 0.25) is 0 Å². The van der Waals surface area contributed by atoms with Crippen LogP contribution in [0.1, 0.15) is 25.0 Å². The normalized spacial score (nSPS) is 12.4. The van der Waals surface area contributed by atoms with E-state index >= 15 is 0 Å². The van der Waals surface area contributed by atoms with Crippen LogP contribution in [0, 0.1) is 0 Å². The summed E-state index contributed by atoms with van der Waals surface area (Å²) in [5.74, 6) is 0.883. The first-order valence-electron chi connectivity index (χ1n) is 6.21. The monoisotopic (exact) mass is 364 g/mol. The molecule has 0 spiro atoms. The largest absolute Gasteiger partial charge is 0.496 e. The minimum atomic E-state index is 0.0620. The Bertz CT molecular complexity index is 331. The second-order valence-corrected chi connectivity index (χ2v) is 4.75. The number of benzene rings is 1. The van der Waals surface area contributed by atoms with E-state index < -0.39 is 0 Å². The highest BCUT2D eigenvalue weighted by Crippen LogP contribution is 2.28. The fourth-order valence-corrected chi connectivity index (χ4v) is 2.37. The van der Waals surface area contributed by atoms with Crippen LogP contribution < -0.4 is 4.74 Å². The molecule has 0 heterocycles. The fourth-order valence-electron chi connectivity index (χ4n) is 1.65. The van der Waals surface area contributed by atoms with E-state index in [2.05, 4.69) is 35.6 Å². The Hall–Kier alpha value is -0.330. The zero-order valence-electron chi connectivity index (χ0n) is 11.0. The van der Waals surface area contributed by atoms with Gasteiger partial charge in [-0.2, -0.15) is 0 Å². The maximum atomic E-state index is 5.85. The summed E-state index contributed by atoms with van der Waals surface area (Å²) in [7, 11) is 1.69. The molecule has 0 saturated heterocycles. The number of para-hydroxylation sites is 1. The van der Waals surface area contributed by atoms with Gasteiger partial charge in [-0.05, 0) is 12.5 Å². The summed E-state index contributed by atoms with van der Waals surface area (Å²) >= 11 is 2.33. The zero-order valence-corrected chi connectivity index (χ0v) is 13.2. The number of alkyl halides is 1. The van der Waals surface area contributed by atoms with Gasteiger partial charge in [0, 0.05) is 16.6 Å². The molecule has 0 amide bonds. The van der Waals surface area contributed by atoms with Crippen molar-refractivity contribution < 1.29 is 14.2 Å². The summed E-state index contributed by atoms with van der Waals surface area (Å²) in [6.07, 6.45) is 1.11. The van der Waals surface area contributed by atoms with Crippen molar-refractivity contribution in [3.8, 4) is 5.75 Å². The van der Waals surface area contributed by atoms with E-state index in [1.165, 1.54) is 0 Å². The first-order valence-corrected chi connectivity index (χ1v) is 7.74. The molecule has 0 saturated carbocycles. The lowest BCUT2D eigenvalue weighted by Crippen LogP contribution is -2.12. The van der Waals surface area contributed by atoms with E-state index in [1.54, 1.807) is 7.11 Å². The Balaban J connectivity index is 2.49. The molecule has 0 aliphatic carbocycles. The quantitative estimate of drug-likeness (QED) is 0.381. The minimum absolute atomic E-state index is 0.0620. The average molecular weight is 364 g/mol. The summed E-state index contributed by atoms with van der Waals surface area (Å²) in [6, 6.07) is 7.99. The van der Waals surface area contributed by atoms with Crippen molar-refractivity contribution in [3.05, 3.63) is 29.8 Å². The van der Waals surface area contributed by atoms with E-state index in [4.69, 9.17) is 14.2 Å². The first-order chi connectivity index (χ1) is 8.83. The van der Waals surface area contributed by atoms with Crippen LogP contribution in [0.5, 0.6) is 5.75 Å². The van der Waals surface area contributed by atoms with Crippen LogP contribution in [-0.2, 0) is 9.47 Å². The van der Waals surface area contributed by atoms with Gasteiger partial charge in [0.2, 0.25) is 0 Å². The molecule has 102 valence electrons. The highest BCUT2D eigenvalue weighted by atomic mass is 127. The van der Waals surface area contributed by atoms with Crippen LogP contribution >= 0.6 is 22.6 Å². The van der Waals surface area contributed by atoms with E-state index in [0.717, 1.165) is 28.8 Å². The molecule has 0 aliphatic rings. The van der Waals surface area contributed by atoms with E-state index in [-0.39, 0.29) is 6.10 Å². The second-order valence-electron chi connectivity index (χ2n) is 3.87. The lowest BCUT2D eigenvalue weighted by Gasteiger charge is -2.18. The maximum absolute atomic E-state index is 5.85. The maximum Gasteiger partial charge on any atom is 0.124 e. The van der Waals surface area contributed by atoms with Crippen molar-refractivity contribution in [1.29, 1.82) is 0 Å². The van der Waals surface area contributed by atoms with Crippen molar-refractivity contribution in [2.24, 2.45) is 0 Å². The van der Waals surface area contributed by atoms with Gasteiger partial charge in [0.15, 0.2) is 0 Å². The molecule has 18 heavy (non-hydrogen) atoms. The van der Waals surface area contributed by atoms with Crippen molar-refractivity contribution in [2.75, 3.05) is 31.4 Å². The molecule has 1 atom stereocenters. The SMILES string of the molecule is CCCOCCOC(CI)c1ccccc1OC. The van der Waals surface area contributed by atoms with E-state index in [1.807, 2.05) is 18.2 Å². The molecule has 1 unspecified atom stereocenters. The van der Waals surface area contributed by atoms with Gasteiger partial charge in [-0.1, -0.05) is 47.7 Å². The zero-order chi connectivity index (χ0) is 13.2. The van der Waals surface area contributed by atoms with Gasteiger partial charge in [0.1, 0.15) is 5.75 Å². The van der Waals surface area contributed by atoms with Crippen LogP contribution in [0.3, 0.4) is 0 Å². The molecule has 0 radical (unpaired) electrons. The highest BCUT2D eigenvalue weighted by Gasteiger charge is 2.14. The first kappa shape index (κ1) is 15.7. The third-order valence-corrected chi connectivity index (χ3v) is 3.32. The van der Waals surface area contributed by atoms with Gasteiger partial charge < -0.3 is 14.2 Å². The molecule has 0 fully saturated rings. The summed E-state index contributed by atoms with van der Waals surface area (Å²) in [5.41, 5.74) is 1.10. The van der Waals surface area contributed by atoms with Gasteiger partial charge in [-0.3, -0.25) is 0 Å². The van der Waals surface area contributed by atoms with Crippen LogP contribution in [-0.4, -0.2) is 31.4 Å². The lowest BCUT2D eigenvalue weighted by atomic mass is 10.1. The van der Waals surface area contributed by atoms with Crippen molar-refractivity contribution >= 4 is 22.6 Å². The molecule has 1 rings (SSSR count). The smallest absolute Gasteiger partial charge is 0.124 e. The summed E-state index contributed by atoms with van der Waals surface area (Å²) in [6.45, 7) is 4.16. The molecule has 1 aromatic rings. The Morgan fingerprint density at radius 3 is 2.61 bits per heavy atom. The molecule has 0 N–H and O–H groups in total. The van der Waals surface area contributed by atoms with Gasteiger partial charge in [-0.25, -0.2) is 0 Å². The number of hydrogen-bond donors (Lipinski definition) is 0. The average Bonchev–Trinajstić information content (AvgIpc) is 2.43. The highest BCUT2D eigenvalue weighted by molar-refractivity contribution is 14.1. The summed E-state index contributed by atoms with van der Waals surface area (Å²) in [5, 5.41) is 0. The standard InChI is InChI=1S/C14H21IO3/c1-3-8-17-9-10-18-14(11-15)12-6-4-5-7-13(12)16-2/h4-7,14H,3,8-11H2,1-2H3. The number of ether oxygens (including phenoxy) is 3. The minimum Gasteiger partial charge on any atom is -0.496 e. The Kier molecular flexibility index (Phi) is 8.37. The molecule has 0 bridgehead atoms. The molecule has 0 aliphatic heterocycles. The van der Waals surface area contributed by atoms with Crippen molar-refractivity contribution in [1.82, 2.24) is 0 Å². The van der Waals surface area contributed by atoms with Crippen LogP contribution in [0.15, 0.2) is 24.3 Å². The summed E-state index contributed by atoms with van der Waals surface area (Å²) < 4.78 is 17.5. The van der Waals surface area contributed by atoms with Gasteiger partial charge in [-0.15, -0.1) is 0 Å². The van der Waals surface area contributed by atoms with Crippen LogP contribution in [0.25, 0.3) is 0 Å². The summed E-state index contributed by atoms with van der Waals surface area (Å²) in [4.78, 5) is 0. The number of halogens is 1. The Morgan fingerprint density at radius 2 is 1.94 bits per heavy atom. The Morgan fingerprint density at radius 1 is 1.17 bits per heavy atom. The van der Waals surface area contributed by atoms with Crippen molar-refractivity contribution in [3.63, 3.8) is 0 Å². The van der Waals surface area contributed by atoms with Crippen molar-refractivity contribution in [2.45, 2.75) is 19.4 Å². The van der Waals surface area contributed by atoms with Gasteiger partial charge in [0.25, 0.3) is 0 Å². The lowest BCUT2D eigenvalue weighted by molar-refractivity contribution is 0.0139. The molecular formula is C14H21IO3. The van der Waals surface area contributed by atoms with E-state index in [0.29, 0.717) is 13.2 Å². The van der Waals surface area contributed by atoms with Gasteiger partial charge >= 0.3 is 0 Å². The second kappa shape index (κ2) is 9.58. The van der Waals surface area contributed by atoms with E-state index in [9.17, 15) is 0 Å². The predicted octanol–water partition coefficient (Wildman–Crippen LogP) is 3.61. The molecule has 3 nitrogen and oxygen atoms in total. The number of hydrogen-bond acceptors (Lipinski definition) is 3. The third kappa shape index (κ3) is 5.12. The Labute approximate surface area is 123 Å².